The van der Waals surface area contributed by atoms with Crippen LogP contribution in [0.5, 0.6) is 0 Å². The molecule has 0 N–H and O–H groups in total. The maximum absolute atomic E-state index is 8.90. The van der Waals surface area contributed by atoms with Gasteiger partial charge in [-0.3, -0.25) is 9.58 Å². The zero-order valence-corrected chi connectivity index (χ0v) is 12.0. The van der Waals surface area contributed by atoms with E-state index in [-0.39, 0.29) is 5.92 Å². The number of aromatic nitrogens is 2. The molecule has 0 aromatic carbocycles. The van der Waals surface area contributed by atoms with E-state index in [9.17, 15) is 0 Å². The first-order valence-corrected chi connectivity index (χ1v) is 7.39. The van der Waals surface area contributed by atoms with Crippen molar-refractivity contribution < 1.29 is 0 Å². The quantitative estimate of drug-likeness (QED) is 0.790. The molecule has 19 heavy (non-hydrogen) atoms. The number of hydrogen-bond donors (Lipinski definition) is 0. The maximum atomic E-state index is 8.90. The molecule has 4 nitrogen and oxygen atoms in total. The normalized spacial score (nSPS) is 17.8. The molecule has 0 amide bonds. The van der Waals surface area contributed by atoms with Gasteiger partial charge < -0.3 is 0 Å². The largest absolute Gasteiger partial charge is 0.296 e. The van der Waals surface area contributed by atoms with E-state index in [0.29, 0.717) is 6.04 Å². The summed E-state index contributed by atoms with van der Waals surface area (Å²) in [5.74, 6) is 0.0804. The van der Waals surface area contributed by atoms with Gasteiger partial charge in [0.1, 0.15) is 0 Å². The fraction of sp³-hybridized carbons (Fsp3) is 0.733. The molecule has 1 aromatic heterocycles. The van der Waals surface area contributed by atoms with E-state index >= 15 is 0 Å². The van der Waals surface area contributed by atoms with Gasteiger partial charge >= 0.3 is 0 Å². The molecule has 4 heteroatoms. The van der Waals surface area contributed by atoms with E-state index in [1.165, 1.54) is 25.7 Å². The average Bonchev–Trinajstić information content (AvgIpc) is 3.08. The lowest BCUT2D eigenvalue weighted by Gasteiger charge is -2.20. The van der Waals surface area contributed by atoms with Crippen LogP contribution in [0.25, 0.3) is 0 Å². The van der Waals surface area contributed by atoms with Gasteiger partial charge in [0.2, 0.25) is 0 Å². The third kappa shape index (κ3) is 3.81. The van der Waals surface area contributed by atoms with Crippen LogP contribution in [0, 0.1) is 17.2 Å². The van der Waals surface area contributed by atoms with Crippen molar-refractivity contribution in [1.82, 2.24) is 14.7 Å². The van der Waals surface area contributed by atoms with Crippen molar-refractivity contribution in [2.75, 3.05) is 13.1 Å². The second-order valence-electron chi connectivity index (χ2n) is 5.58. The first-order chi connectivity index (χ1) is 9.22. The van der Waals surface area contributed by atoms with Crippen LogP contribution in [0.4, 0.5) is 0 Å². The molecule has 1 atom stereocenters. The van der Waals surface area contributed by atoms with Gasteiger partial charge in [-0.25, -0.2) is 0 Å². The Hall–Kier alpha value is -1.34. The summed E-state index contributed by atoms with van der Waals surface area (Å²) in [4.78, 5) is 2.29. The van der Waals surface area contributed by atoms with E-state index in [1.54, 1.807) is 0 Å². The molecule has 1 aromatic rings. The van der Waals surface area contributed by atoms with E-state index < -0.39 is 0 Å². The van der Waals surface area contributed by atoms with E-state index in [1.807, 2.05) is 6.92 Å². The maximum Gasteiger partial charge on any atom is 0.0764 e. The lowest BCUT2D eigenvalue weighted by atomic mass is 10.2. The molecule has 0 bridgehead atoms. The molecule has 1 aliphatic rings. The van der Waals surface area contributed by atoms with Crippen molar-refractivity contribution in [3.63, 3.8) is 0 Å². The molecule has 1 heterocycles. The Morgan fingerprint density at radius 1 is 1.53 bits per heavy atom. The minimum Gasteiger partial charge on any atom is -0.296 e. The fourth-order valence-electron chi connectivity index (χ4n) is 2.80. The van der Waals surface area contributed by atoms with Crippen LogP contribution in [0.1, 0.15) is 51.3 Å². The third-order valence-corrected chi connectivity index (χ3v) is 3.95. The molecule has 1 aliphatic carbocycles. The zero-order valence-electron chi connectivity index (χ0n) is 12.0. The molecular weight excluding hydrogens is 236 g/mol. The number of nitrogens with zero attached hydrogens (tertiary/aromatic N) is 4. The summed E-state index contributed by atoms with van der Waals surface area (Å²) in [6, 6.07) is 5.03. The molecule has 1 fully saturated rings. The highest BCUT2D eigenvalue weighted by molar-refractivity contribution is 5.00. The van der Waals surface area contributed by atoms with Crippen LogP contribution in [0.15, 0.2) is 12.3 Å². The van der Waals surface area contributed by atoms with Crippen LogP contribution in [-0.2, 0) is 6.54 Å². The van der Waals surface area contributed by atoms with Gasteiger partial charge in [-0.05, 0) is 32.4 Å². The third-order valence-electron chi connectivity index (χ3n) is 3.95. The zero-order chi connectivity index (χ0) is 13.7. The van der Waals surface area contributed by atoms with E-state index in [4.69, 9.17) is 10.4 Å². The Morgan fingerprint density at radius 3 is 2.89 bits per heavy atom. The second-order valence-corrected chi connectivity index (χ2v) is 5.58. The van der Waals surface area contributed by atoms with Gasteiger partial charge in [0, 0.05) is 19.3 Å². The fourth-order valence-corrected chi connectivity index (χ4v) is 2.80. The van der Waals surface area contributed by atoms with Gasteiger partial charge in [-0.15, -0.1) is 0 Å². The first kappa shape index (κ1) is 14.1. The van der Waals surface area contributed by atoms with Crippen LogP contribution >= 0.6 is 0 Å². The van der Waals surface area contributed by atoms with E-state index in [0.717, 1.165) is 25.3 Å². The smallest absolute Gasteiger partial charge is 0.0764 e. The molecule has 1 saturated carbocycles. The molecule has 2 rings (SSSR count). The van der Waals surface area contributed by atoms with Crippen molar-refractivity contribution in [3.05, 3.63) is 18.0 Å². The SMILES string of the molecule is CCN(Cc1ccn(C2CCCC2)n1)CC(C)C#N. The van der Waals surface area contributed by atoms with Crippen molar-refractivity contribution in [2.24, 2.45) is 5.92 Å². The van der Waals surface area contributed by atoms with Crippen LogP contribution in [0.2, 0.25) is 0 Å². The monoisotopic (exact) mass is 260 g/mol. The molecule has 104 valence electrons. The molecule has 0 radical (unpaired) electrons. The minimum atomic E-state index is 0.0804. The number of hydrogen-bond acceptors (Lipinski definition) is 3. The van der Waals surface area contributed by atoms with Gasteiger partial charge in [-0.2, -0.15) is 10.4 Å². The van der Waals surface area contributed by atoms with Gasteiger partial charge in [-0.1, -0.05) is 19.8 Å². The molecule has 0 aliphatic heterocycles. The second kappa shape index (κ2) is 6.72. The van der Waals surface area contributed by atoms with Crippen LogP contribution in [-0.4, -0.2) is 27.8 Å². The highest BCUT2D eigenvalue weighted by atomic mass is 15.3. The lowest BCUT2D eigenvalue weighted by molar-refractivity contribution is 0.256. The van der Waals surface area contributed by atoms with Crippen molar-refractivity contribution in [3.8, 4) is 6.07 Å². The van der Waals surface area contributed by atoms with Crippen molar-refractivity contribution in [2.45, 2.75) is 52.1 Å². The lowest BCUT2D eigenvalue weighted by Crippen LogP contribution is -2.27. The molecule has 0 spiro atoms. The van der Waals surface area contributed by atoms with Crippen LogP contribution in [0.3, 0.4) is 0 Å². The first-order valence-electron chi connectivity index (χ1n) is 7.39. The summed E-state index contributed by atoms with van der Waals surface area (Å²) in [5.41, 5.74) is 1.12. The highest BCUT2D eigenvalue weighted by Crippen LogP contribution is 2.28. The van der Waals surface area contributed by atoms with Gasteiger partial charge in [0.15, 0.2) is 0 Å². The van der Waals surface area contributed by atoms with Crippen molar-refractivity contribution in [1.29, 1.82) is 5.26 Å². The predicted octanol–water partition coefficient (Wildman–Crippen LogP) is 2.98. The molecule has 0 saturated heterocycles. The minimum absolute atomic E-state index is 0.0804. The van der Waals surface area contributed by atoms with Crippen molar-refractivity contribution >= 4 is 0 Å². The van der Waals surface area contributed by atoms with Gasteiger partial charge in [0.25, 0.3) is 0 Å². The Labute approximate surface area is 116 Å². The summed E-state index contributed by atoms with van der Waals surface area (Å²) in [6.45, 7) is 6.74. The Bertz CT molecular complexity index is 426. The number of nitriles is 1. The summed E-state index contributed by atoms with van der Waals surface area (Å²) in [5, 5.41) is 13.6. The standard InChI is InChI=1S/C15H24N4/c1-3-18(11-13(2)10-16)12-14-8-9-19(17-14)15-6-4-5-7-15/h8-9,13,15H,3-7,11-12H2,1-2H3. The number of rotatable bonds is 6. The Morgan fingerprint density at radius 2 is 2.26 bits per heavy atom. The van der Waals surface area contributed by atoms with Gasteiger partial charge in [0.05, 0.1) is 23.7 Å². The summed E-state index contributed by atoms with van der Waals surface area (Å²) < 4.78 is 2.14. The van der Waals surface area contributed by atoms with Crippen LogP contribution < -0.4 is 0 Å². The summed E-state index contributed by atoms with van der Waals surface area (Å²) in [7, 11) is 0. The summed E-state index contributed by atoms with van der Waals surface area (Å²) >= 11 is 0. The Balaban J connectivity index is 1.92. The summed E-state index contributed by atoms with van der Waals surface area (Å²) in [6.07, 6.45) is 7.32. The van der Waals surface area contributed by atoms with E-state index in [2.05, 4.69) is 34.8 Å². The predicted molar refractivity (Wildman–Crippen MR) is 75.5 cm³/mol. The molecule has 1 unspecified atom stereocenters. The topological polar surface area (TPSA) is 44.9 Å². The highest BCUT2D eigenvalue weighted by Gasteiger charge is 2.18. The molecular formula is C15H24N4. The average molecular weight is 260 g/mol. The Kier molecular flexibility index (Phi) is 4.98.